The molecule has 2 aromatic rings. The molecule has 0 aliphatic carbocycles. The van der Waals surface area contributed by atoms with Crippen LogP contribution in [0.3, 0.4) is 0 Å². The number of hydrogen-bond donors (Lipinski definition) is 1. The summed E-state index contributed by atoms with van der Waals surface area (Å²) in [5.41, 5.74) is 1.76. The van der Waals surface area contributed by atoms with Crippen molar-refractivity contribution in [2.75, 3.05) is 13.2 Å². The molecule has 1 aliphatic heterocycles. The maximum atomic E-state index is 13.5. The molecule has 0 radical (unpaired) electrons. The van der Waals surface area contributed by atoms with Gasteiger partial charge in [0.1, 0.15) is 5.82 Å². The number of rotatable bonds is 6. The van der Waals surface area contributed by atoms with Gasteiger partial charge in [0.2, 0.25) is 5.91 Å². The summed E-state index contributed by atoms with van der Waals surface area (Å²) in [7, 11) is 0. The highest BCUT2D eigenvalue weighted by atomic mass is 35.5. The van der Waals surface area contributed by atoms with E-state index in [4.69, 9.17) is 16.3 Å². The molecule has 0 unspecified atom stereocenters. The number of halogens is 2. The van der Waals surface area contributed by atoms with E-state index in [1.807, 2.05) is 12.1 Å². The fourth-order valence-electron chi connectivity index (χ4n) is 3.28. The van der Waals surface area contributed by atoms with Gasteiger partial charge < -0.3 is 10.1 Å². The lowest BCUT2D eigenvalue weighted by molar-refractivity contribution is -0.122. The van der Waals surface area contributed by atoms with Gasteiger partial charge in [-0.15, -0.1) is 0 Å². The molecular formula is C20H22ClFN2O2. The lowest BCUT2D eigenvalue weighted by Crippen LogP contribution is -2.36. The van der Waals surface area contributed by atoms with E-state index in [-0.39, 0.29) is 17.0 Å². The molecule has 1 saturated heterocycles. The molecule has 1 amide bonds. The zero-order chi connectivity index (χ0) is 18.4. The van der Waals surface area contributed by atoms with Crippen LogP contribution in [0.4, 0.5) is 4.39 Å². The highest BCUT2D eigenvalue weighted by Gasteiger charge is 2.27. The zero-order valence-electron chi connectivity index (χ0n) is 14.5. The Morgan fingerprint density at radius 2 is 2.15 bits per heavy atom. The minimum absolute atomic E-state index is 0.0549. The number of ether oxygens (including phenoxy) is 1. The van der Waals surface area contributed by atoms with Crippen LogP contribution in [-0.2, 0) is 16.0 Å². The standard InChI is InChI=1S/C20H22ClFN2O2/c21-17-5-3-14(12-18(17)22)4-6-19(25)24-20(15-7-10-26-11-8-15)16-2-1-9-23-13-16/h1-3,5,9,12-13,15,20H,4,6-8,10-11H2,(H,24,25)/t20-/m1/s1. The van der Waals surface area contributed by atoms with Crippen LogP contribution in [0.2, 0.25) is 5.02 Å². The maximum absolute atomic E-state index is 13.5. The van der Waals surface area contributed by atoms with Crippen LogP contribution in [0, 0.1) is 11.7 Å². The van der Waals surface area contributed by atoms with Gasteiger partial charge in [0.15, 0.2) is 0 Å². The van der Waals surface area contributed by atoms with E-state index < -0.39 is 5.82 Å². The largest absolute Gasteiger partial charge is 0.381 e. The van der Waals surface area contributed by atoms with Crippen LogP contribution < -0.4 is 5.32 Å². The molecule has 4 nitrogen and oxygen atoms in total. The molecule has 3 rings (SSSR count). The lowest BCUT2D eigenvalue weighted by atomic mass is 9.87. The van der Waals surface area contributed by atoms with Crippen molar-refractivity contribution in [1.29, 1.82) is 0 Å². The number of benzene rings is 1. The van der Waals surface area contributed by atoms with Crippen LogP contribution in [-0.4, -0.2) is 24.1 Å². The highest BCUT2D eigenvalue weighted by Crippen LogP contribution is 2.30. The van der Waals surface area contributed by atoms with Crippen LogP contribution in [0.1, 0.15) is 36.4 Å². The molecule has 6 heteroatoms. The van der Waals surface area contributed by atoms with E-state index in [0.29, 0.717) is 32.0 Å². The fraction of sp³-hybridized carbons (Fsp3) is 0.400. The van der Waals surface area contributed by atoms with Gasteiger partial charge in [-0.05, 0) is 54.5 Å². The third-order valence-corrected chi connectivity index (χ3v) is 5.03. The smallest absolute Gasteiger partial charge is 0.220 e. The third-order valence-electron chi connectivity index (χ3n) is 4.72. The Kier molecular flexibility index (Phi) is 6.58. The molecule has 1 atom stereocenters. The van der Waals surface area contributed by atoms with Crippen molar-refractivity contribution in [3.63, 3.8) is 0 Å². The molecule has 1 aromatic heterocycles. The van der Waals surface area contributed by atoms with Crippen LogP contribution in [0.25, 0.3) is 0 Å². The first kappa shape index (κ1) is 18.8. The summed E-state index contributed by atoms with van der Waals surface area (Å²) >= 11 is 5.70. The molecule has 1 fully saturated rings. The lowest BCUT2D eigenvalue weighted by Gasteiger charge is -2.31. The van der Waals surface area contributed by atoms with E-state index in [0.717, 1.165) is 24.0 Å². The van der Waals surface area contributed by atoms with E-state index >= 15 is 0 Å². The van der Waals surface area contributed by atoms with E-state index in [2.05, 4.69) is 10.3 Å². The van der Waals surface area contributed by atoms with E-state index in [9.17, 15) is 9.18 Å². The van der Waals surface area contributed by atoms with Crippen molar-refractivity contribution >= 4 is 17.5 Å². The van der Waals surface area contributed by atoms with Gasteiger partial charge in [-0.1, -0.05) is 23.7 Å². The van der Waals surface area contributed by atoms with Crippen LogP contribution >= 0.6 is 11.6 Å². The molecule has 138 valence electrons. The Hall–Kier alpha value is -1.98. The van der Waals surface area contributed by atoms with Gasteiger partial charge in [0, 0.05) is 32.0 Å². The Balaban J connectivity index is 1.63. The minimum Gasteiger partial charge on any atom is -0.381 e. The average Bonchev–Trinajstić information content (AvgIpc) is 2.68. The topological polar surface area (TPSA) is 51.2 Å². The first-order valence-electron chi connectivity index (χ1n) is 8.84. The molecule has 0 spiro atoms. The molecule has 0 saturated carbocycles. The van der Waals surface area contributed by atoms with Gasteiger partial charge in [-0.25, -0.2) is 4.39 Å². The molecule has 26 heavy (non-hydrogen) atoms. The van der Waals surface area contributed by atoms with Crippen LogP contribution in [0.5, 0.6) is 0 Å². The van der Waals surface area contributed by atoms with Crippen molar-refractivity contribution in [3.05, 3.63) is 64.7 Å². The van der Waals surface area contributed by atoms with Gasteiger partial charge in [0.25, 0.3) is 0 Å². The second kappa shape index (κ2) is 9.10. The first-order chi connectivity index (χ1) is 12.6. The number of aryl methyl sites for hydroxylation is 1. The molecule has 1 aromatic carbocycles. The van der Waals surface area contributed by atoms with Crippen molar-refractivity contribution in [1.82, 2.24) is 10.3 Å². The minimum atomic E-state index is -0.458. The fourth-order valence-corrected chi connectivity index (χ4v) is 3.40. The second-order valence-electron chi connectivity index (χ2n) is 6.53. The second-order valence-corrected chi connectivity index (χ2v) is 6.94. The van der Waals surface area contributed by atoms with Crippen molar-refractivity contribution < 1.29 is 13.9 Å². The molecule has 1 N–H and O–H groups in total. The van der Waals surface area contributed by atoms with Gasteiger partial charge in [0.05, 0.1) is 11.1 Å². The Labute approximate surface area is 157 Å². The van der Waals surface area contributed by atoms with Gasteiger partial charge in [-0.3, -0.25) is 9.78 Å². The van der Waals surface area contributed by atoms with Gasteiger partial charge >= 0.3 is 0 Å². The Morgan fingerprint density at radius 1 is 1.35 bits per heavy atom. The predicted octanol–water partition coefficient (Wildman–Crippen LogP) is 4.09. The number of carbonyl (C=O) groups is 1. The number of nitrogens with zero attached hydrogens (tertiary/aromatic N) is 1. The number of carbonyl (C=O) groups excluding carboxylic acids is 1. The number of hydrogen-bond acceptors (Lipinski definition) is 3. The van der Waals surface area contributed by atoms with E-state index in [1.54, 1.807) is 18.5 Å². The predicted molar refractivity (Wildman–Crippen MR) is 98.4 cm³/mol. The van der Waals surface area contributed by atoms with Crippen LogP contribution in [0.15, 0.2) is 42.7 Å². The molecular weight excluding hydrogens is 355 g/mol. The van der Waals surface area contributed by atoms with E-state index in [1.165, 1.54) is 12.1 Å². The summed E-state index contributed by atoms with van der Waals surface area (Å²) in [5.74, 6) is -0.189. The summed E-state index contributed by atoms with van der Waals surface area (Å²) in [4.78, 5) is 16.7. The van der Waals surface area contributed by atoms with Crippen molar-refractivity contribution in [2.24, 2.45) is 5.92 Å². The zero-order valence-corrected chi connectivity index (χ0v) is 15.2. The molecule has 0 bridgehead atoms. The number of pyridine rings is 1. The molecule has 1 aliphatic rings. The van der Waals surface area contributed by atoms with Crippen molar-refractivity contribution in [2.45, 2.75) is 31.7 Å². The monoisotopic (exact) mass is 376 g/mol. The van der Waals surface area contributed by atoms with Gasteiger partial charge in [-0.2, -0.15) is 0 Å². The summed E-state index contributed by atoms with van der Waals surface area (Å²) in [6.45, 7) is 1.42. The SMILES string of the molecule is O=C(CCc1ccc(Cl)c(F)c1)N[C@@H](c1cccnc1)C1CCOCC1. The summed E-state index contributed by atoms with van der Waals surface area (Å²) in [5, 5.41) is 3.24. The Morgan fingerprint density at radius 3 is 2.85 bits per heavy atom. The normalized spacial score (nSPS) is 16.2. The molecule has 2 heterocycles. The third kappa shape index (κ3) is 5.02. The maximum Gasteiger partial charge on any atom is 0.220 e. The highest BCUT2D eigenvalue weighted by molar-refractivity contribution is 6.30. The quantitative estimate of drug-likeness (QED) is 0.826. The summed E-state index contributed by atoms with van der Waals surface area (Å²) in [6.07, 6.45) is 6.09. The summed E-state index contributed by atoms with van der Waals surface area (Å²) < 4.78 is 19.0. The number of nitrogens with one attached hydrogen (secondary N) is 1. The number of amides is 1. The first-order valence-corrected chi connectivity index (χ1v) is 9.22. The average molecular weight is 377 g/mol. The Bertz CT molecular complexity index is 736. The number of aromatic nitrogens is 1. The summed E-state index contributed by atoms with van der Waals surface area (Å²) in [6, 6.07) is 8.43. The van der Waals surface area contributed by atoms with Crippen molar-refractivity contribution in [3.8, 4) is 0 Å².